The fourth-order valence-electron chi connectivity index (χ4n) is 3.66. The van der Waals surface area contributed by atoms with Crippen LogP contribution in [0.1, 0.15) is 0 Å². The number of aromatic nitrogens is 4. The Hall–Kier alpha value is -2.84. The molecule has 1 aliphatic rings. The van der Waals surface area contributed by atoms with Crippen LogP contribution < -0.4 is 14.8 Å². The van der Waals surface area contributed by atoms with Crippen LogP contribution in [0, 0.1) is 10.6 Å². The first-order valence-electron chi connectivity index (χ1n) is 9.75. The highest BCUT2D eigenvalue weighted by molar-refractivity contribution is 7.71. The van der Waals surface area contributed by atoms with Gasteiger partial charge < -0.3 is 4.90 Å². The molecule has 2 aromatic heterocycles. The zero-order valence-electron chi connectivity index (χ0n) is 16.2. The van der Waals surface area contributed by atoms with Crippen molar-refractivity contribution < 1.29 is 14.3 Å². The molecule has 2 N–H and O–H groups in total. The second-order valence-corrected chi connectivity index (χ2v) is 7.52. The highest BCUT2D eigenvalue weighted by Gasteiger charge is 2.26. The minimum absolute atomic E-state index is 0.264. The SMILES string of the molecule is C=CCn1c(-c2ccc(F)cc2)nn(C[NH+]2CCN(c3cccc[nH+]3)CC2)c1=S. The molecule has 150 valence electrons. The maximum Gasteiger partial charge on any atom is 0.274 e. The number of nitrogens with zero attached hydrogens (tertiary/aromatic N) is 4. The molecule has 0 radical (unpaired) electrons. The molecule has 0 unspecified atom stereocenters. The Bertz CT molecular complexity index is 1020. The van der Waals surface area contributed by atoms with E-state index in [1.165, 1.54) is 17.0 Å². The highest BCUT2D eigenvalue weighted by Crippen LogP contribution is 2.19. The van der Waals surface area contributed by atoms with Crippen molar-refractivity contribution in [3.63, 3.8) is 0 Å². The van der Waals surface area contributed by atoms with E-state index in [0.29, 0.717) is 18.0 Å². The molecular formula is C21H25FN6S+2. The third kappa shape index (κ3) is 4.28. The topological polar surface area (TPSA) is 44.6 Å². The van der Waals surface area contributed by atoms with Crippen LogP contribution in [0.5, 0.6) is 0 Å². The van der Waals surface area contributed by atoms with Crippen molar-refractivity contribution in [2.45, 2.75) is 13.2 Å². The van der Waals surface area contributed by atoms with Crippen molar-refractivity contribution in [1.29, 1.82) is 0 Å². The number of anilines is 1. The van der Waals surface area contributed by atoms with Gasteiger partial charge in [0.25, 0.3) is 5.82 Å². The second-order valence-electron chi connectivity index (χ2n) is 7.15. The second kappa shape index (κ2) is 8.67. The zero-order chi connectivity index (χ0) is 20.2. The number of hydrogen-bond acceptors (Lipinski definition) is 3. The lowest BCUT2D eigenvalue weighted by Gasteiger charge is -2.27. The molecular weight excluding hydrogens is 387 g/mol. The third-order valence-electron chi connectivity index (χ3n) is 5.21. The maximum atomic E-state index is 13.3. The van der Waals surface area contributed by atoms with Crippen molar-refractivity contribution in [3.8, 4) is 11.4 Å². The Kier molecular flexibility index (Phi) is 5.82. The number of piperazine rings is 1. The molecule has 0 atom stereocenters. The number of halogens is 1. The zero-order valence-corrected chi connectivity index (χ0v) is 17.0. The van der Waals surface area contributed by atoms with E-state index in [-0.39, 0.29) is 5.82 Å². The highest BCUT2D eigenvalue weighted by atomic mass is 32.1. The van der Waals surface area contributed by atoms with Crippen LogP contribution in [0.15, 0.2) is 61.3 Å². The van der Waals surface area contributed by atoms with E-state index in [1.54, 1.807) is 18.2 Å². The summed E-state index contributed by atoms with van der Waals surface area (Å²) in [5.74, 6) is 1.63. The fourth-order valence-corrected chi connectivity index (χ4v) is 3.93. The molecule has 1 aliphatic heterocycles. The average molecular weight is 413 g/mol. The Morgan fingerprint density at radius 1 is 1.17 bits per heavy atom. The largest absolute Gasteiger partial charge is 0.310 e. The van der Waals surface area contributed by atoms with Crippen LogP contribution in [0.25, 0.3) is 11.4 Å². The Morgan fingerprint density at radius 3 is 2.59 bits per heavy atom. The summed E-state index contributed by atoms with van der Waals surface area (Å²) in [4.78, 5) is 7.10. The van der Waals surface area contributed by atoms with Crippen molar-refractivity contribution in [3.05, 3.63) is 71.9 Å². The normalized spacial score (nSPS) is 14.9. The van der Waals surface area contributed by atoms with Gasteiger partial charge in [-0.1, -0.05) is 12.1 Å². The number of quaternary nitrogens is 1. The number of H-pyrrole nitrogens is 1. The number of nitrogens with one attached hydrogen (secondary N) is 2. The molecule has 0 bridgehead atoms. The molecule has 1 aromatic carbocycles. The average Bonchev–Trinajstić information content (AvgIpc) is 3.06. The summed E-state index contributed by atoms with van der Waals surface area (Å²) >= 11 is 5.69. The number of rotatable bonds is 6. The maximum absolute atomic E-state index is 13.3. The summed E-state index contributed by atoms with van der Waals surface area (Å²) in [5.41, 5.74) is 0.845. The van der Waals surface area contributed by atoms with Crippen LogP contribution in [0.4, 0.5) is 10.2 Å². The van der Waals surface area contributed by atoms with Gasteiger partial charge in [-0.25, -0.2) is 9.37 Å². The summed E-state index contributed by atoms with van der Waals surface area (Å²) in [6, 6.07) is 12.5. The van der Waals surface area contributed by atoms with Crippen molar-refractivity contribution in [1.82, 2.24) is 14.3 Å². The molecule has 3 aromatic rings. The van der Waals surface area contributed by atoms with Gasteiger partial charge in [0, 0.05) is 18.2 Å². The van der Waals surface area contributed by atoms with Crippen LogP contribution in [-0.2, 0) is 13.2 Å². The number of hydrogen-bond donors (Lipinski definition) is 1. The van der Waals surface area contributed by atoms with Gasteiger partial charge in [-0.3, -0.25) is 9.47 Å². The van der Waals surface area contributed by atoms with E-state index < -0.39 is 0 Å². The Morgan fingerprint density at radius 2 is 1.93 bits per heavy atom. The van der Waals surface area contributed by atoms with Gasteiger partial charge in [-0.15, -0.1) is 11.7 Å². The lowest BCUT2D eigenvalue weighted by molar-refractivity contribution is -0.924. The number of aromatic amines is 1. The summed E-state index contributed by atoms with van der Waals surface area (Å²) in [5, 5.41) is 4.76. The summed E-state index contributed by atoms with van der Waals surface area (Å²) in [6.45, 7) is 9.07. The van der Waals surface area contributed by atoms with Gasteiger partial charge in [0.15, 0.2) is 12.5 Å². The smallest absolute Gasteiger partial charge is 0.274 e. The van der Waals surface area contributed by atoms with Gasteiger partial charge in [0.1, 0.15) is 32.0 Å². The van der Waals surface area contributed by atoms with E-state index in [2.05, 4.69) is 22.5 Å². The minimum atomic E-state index is -0.264. The van der Waals surface area contributed by atoms with E-state index in [4.69, 9.17) is 17.3 Å². The third-order valence-corrected chi connectivity index (χ3v) is 5.65. The molecule has 0 spiro atoms. The lowest BCUT2D eigenvalue weighted by Crippen LogP contribution is -3.14. The van der Waals surface area contributed by atoms with Gasteiger partial charge in [-0.2, -0.15) is 4.68 Å². The van der Waals surface area contributed by atoms with E-state index in [0.717, 1.165) is 43.4 Å². The number of pyridine rings is 1. The van der Waals surface area contributed by atoms with Crippen molar-refractivity contribution >= 4 is 18.0 Å². The summed E-state index contributed by atoms with van der Waals surface area (Å²) < 4.78 is 17.8. The summed E-state index contributed by atoms with van der Waals surface area (Å²) in [6.07, 6.45) is 3.76. The Balaban J connectivity index is 1.51. The molecule has 8 heteroatoms. The minimum Gasteiger partial charge on any atom is -0.310 e. The molecule has 6 nitrogen and oxygen atoms in total. The monoisotopic (exact) mass is 412 g/mol. The van der Waals surface area contributed by atoms with Crippen LogP contribution in [0.2, 0.25) is 0 Å². The predicted molar refractivity (Wildman–Crippen MR) is 113 cm³/mol. The predicted octanol–water partition coefficient (Wildman–Crippen LogP) is 1.58. The Labute approximate surface area is 174 Å². The van der Waals surface area contributed by atoms with Crippen molar-refractivity contribution in [2.24, 2.45) is 0 Å². The molecule has 0 saturated carbocycles. The van der Waals surface area contributed by atoms with Crippen molar-refractivity contribution in [2.75, 3.05) is 31.1 Å². The first-order valence-corrected chi connectivity index (χ1v) is 10.2. The quantitative estimate of drug-likeness (QED) is 0.494. The molecule has 1 saturated heterocycles. The summed E-state index contributed by atoms with van der Waals surface area (Å²) in [7, 11) is 0. The van der Waals surface area contributed by atoms with E-state index >= 15 is 0 Å². The lowest BCUT2D eigenvalue weighted by atomic mass is 10.2. The van der Waals surface area contributed by atoms with Gasteiger partial charge in [0.2, 0.25) is 4.77 Å². The molecule has 4 rings (SSSR count). The van der Waals surface area contributed by atoms with E-state index in [1.807, 2.05) is 27.6 Å². The van der Waals surface area contributed by atoms with Crippen LogP contribution in [-0.4, -0.2) is 40.5 Å². The standard InChI is InChI=1S/C21H23FN6S/c1-2-11-27-20(17-6-8-18(22)9-7-17)24-28(21(27)29)16-25-12-14-26(15-13-25)19-5-3-4-10-23-19/h2-10H,1,11-16H2/p+2. The van der Waals surface area contributed by atoms with Gasteiger partial charge in [0.05, 0.1) is 6.20 Å². The number of allylic oxidation sites excluding steroid dienone is 1. The molecule has 3 heterocycles. The van der Waals surface area contributed by atoms with Gasteiger partial charge >= 0.3 is 0 Å². The molecule has 0 aliphatic carbocycles. The first-order chi connectivity index (χ1) is 14.2. The molecule has 0 amide bonds. The van der Waals surface area contributed by atoms with E-state index in [9.17, 15) is 4.39 Å². The fraction of sp³-hybridized carbons (Fsp3) is 0.286. The van der Waals surface area contributed by atoms with Gasteiger partial charge in [-0.05, 0) is 42.5 Å². The number of benzene rings is 1. The van der Waals surface area contributed by atoms with Crippen LogP contribution >= 0.6 is 12.2 Å². The van der Waals surface area contributed by atoms with Crippen LogP contribution in [0.3, 0.4) is 0 Å². The molecule has 29 heavy (non-hydrogen) atoms. The molecule has 1 fully saturated rings. The first kappa shape index (κ1) is 19.5.